The van der Waals surface area contributed by atoms with E-state index in [0.717, 1.165) is 15.5 Å². The van der Waals surface area contributed by atoms with E-state index in [-0.39, 0.29) is 5.91 Å². The minimum Gasteiger partial charge on any atom is -0.287 e. The van der Waals surface area contributed by atoms with Crippen LogP contribution >= 0.6 is 15.9 Å². The van der Waals surface area contributed by atoms with E-state index in [2.05, 4.69) is 20.9 Å². The third kappa shape index (κ3) is 1.37. The van der Waals surface area contributed by atoms with Crippen LogP contribution in [0.5, 0.6) is 0 Å². The molecular weight excluding hydrogens is 232 g/mol. The maximum atomic E-state index is 11.2. The maximum Gasteiger partial charge on any atom is 0.227 e. The summed E-state index contributed by atoms with van der Waals surface area (Å²) in [4.78, 5) is 15.2. The minimum atomic E-state index is 0.00750. The van der Waals surface area contributed by atoms with Crippen molar-refractivity contribution >= 4 is 32.7 Å². The van der Waals surface area contributed by atoms with Gasteiger partial charge in [-0.15, -0.1) is 0 Å². The van der Waals surface area contributed by atoms with Crippen LogP contribution in [0.2, 0.25) is 0 Å². The highest BCUT2D eigenvalue weighted by Crippen LogP contribution is 2.18. The lowest BCUT2D eigenvalue weighted by molar-refractivity contribution is 0.0941. The molecule has 2 rings (SSSR count). The fourth-order valence-corrected chi connectivity index (χ4v) is 1.60. The van der Waals surface area contributed by atoms with Gasteiger partial charge in [0.05, 0.1) is 5.52 Å². The van der Waals surface area contributed by atoms with Crippen LogP contribution in [0.4, 0.5) is 0 Å². The second-order valence-corrected chi connectivity index (χ2v) is 3.58. The standard InChI is InChI=1S/C9H7BrN2O/c1-6(13)12-3-2-7-5-11-9(10)4-8(7)12/h2-5H,1H3. The first-order valence-corrected chi connectivity index (χ1v) is 4.61. The molecule has 2 aromatic rings. The third-order valence-corrected chi connectivity index (χ3v) is 2.31. The average Bonchev–Trinajstić information content (AvgIpc) is 2.46. The van der Waals surface area contributed by atoms with E-state index in [0.29, 0.717) is 0 Å². The predicted molar refractivity (Wildman–Crippen MR) is 53.7 cm³/mol. The first-order chi connectivity index (χ1) is 6.18. The van der Waals surface area contributed by atoms with Gasteiger partial charge in [-0.2, -0.15) is 0 Å². The lowest BCUT2D eigenvalue weighted by atomic mass is 10.3. The number of hydrogen-bond acceptors (Lipinski definition) is 2. The number of rotatable bonds is 0. The van der Waals surface area contributed by atoms with Gasteiger partial charge in [0.2, 0.25) is 5.91 Å². The quantitative estimate of drug-likeness (QED) is 0.662. The monoisotopic (exact) mass is 238 g/mol. The lowest BCUT2D eigenvalue weighted by Crippen LogP contribution is -2.02. The van der Waals surface area contributed by atoms with Crippen molar-refractivity contribution in [3.05, 3.63) is 29.1 Å². The summed E-state index contributed by atoms with van der Waals surface area (Å²) in [6, 6.07) is 3.70. The SMILES string of the molecule is CC(=O)n1ccc2cnc(Br)cc21. The van der Waals surface area contributed by atoms with Gasteiger partial charge in [0.15, 0.2) is 0 Å². The molecule has 0 radical (unpaired) electrons. The van der Waals surface area contributed by atoms with Crippen LogP contribution in [-0.4, -0.2) is 15.5 Å². The summed E-state index contributed by atoms with van der Waals surface area (Å²) in [6.45, 7) is 1.54. The predicted octanol–water partition coefficient (Wildman–Crippen LogP) is 2.46. The summed E-state index contributed by atoms with van der Waals surface area (Å²) in [6.07, 6.45) is 3.49. The Labute approximate surface area is 83.5 Å². The van der Waals surface area contributed by atoms with Crippen LogP contribution in [-0.2, 0) is 0 Å². The van der Waals surface area contributed by atoms with Gasteiger partial charge in [0.1, 0.15) is 4.60 Å². The lowest BCUT2D eigenvalue weighted by Gasteiger charge is -1.98. The molecule has 66 valence electrons. The summed E-state index contributed by atoms with van der Waals surface area (Å²) < 4.78 is 2.34. The van der Waals surface area contributed by atoms with Crippen molar-refractivity contribution in [1.82, 2.24) is 9.55 Å². The Morgan fingerprint density at radius 2 is 2.38 bits per heavy atom. The Balaban J connectivity index is 2.79. The highest BCUT2D eigenvalue weighted by Gasteiger charge is 2.04. The van der Waals surface area contributed by atoms with Crippen molar-refractivity contribution in [3.63, 3.8) is 0 Å². The number of aromatic nitrogens is 2. The minimum absolute atomic E-state index is 0.00750. The second kappa shape index (κ2) is 2.96. The maximum absolute atomic E-state index is 11.2. The first kappa shape index (κ1) is 8.44. The van der Waals surface area contributed by atoms with Gasteiger partial charge in [-0.05, 0) is 28.1 Å². The number of pyridine rings is 1. The van der Waals surface area contributed by atoms with E-state index in [1.54, 1.807) is 17.0 Å². The number of carbonyl (C=O) groups excluding carboxylic acids is 1. The van der Waals surface area contributed by atoms with Crippen LogP contribution in [0, 0.1) is 0 Å². The molecular formula is C9H7BrN2O. The Morgan fingerprint density at radius 3 is 3.08 bits per heavy atom. The molecule has 13 heavy (non-hydrogen) atoms. The molecule has 0 aliphatic heterocycles. The number of fused-ring (bicyclic) bond motifs is 1. The molecule has 0 atom stereocenters. The van der Waals surface area contributed by atoms with Gasteiger partial charge in [-0.25, -0.2) is 4.98 Å². The largest absolute Gasteiger partial charge is 0.287 e. The number of carbonyl (C=O) groups is 1. The number of halogens is 1. The van der Waals surface area contributed by atoms with Gasteiger partial charge in [0.25, 0.3) is 0 Å². The molecule has 2 heterocycles. The zero-order valence-corrected chi connectivity index (χ0v) is 8.58. The topological polar surface area (TPSA) is 34.9 Å². The summed E-state index contributed by atoms with van der Waals surface area (Å²) in [5.41, 5.74) is 0.884. The van der Waals surface area contributed by atoms with Crippen LogP contribution in [0.25, 0.3) is 10.9 Å². The Morgan fingerprint density at radius 1 is 1.62 bits per heavy atom. The van der Waals surface area contributed by atoms with E-state index >= 15 is 0 Å². The van der Waals surface area contributed by atoms with E-state index in [1.807, 2.05) is 12.1 Å². The zero-order chi connectivity index (χ0) is 9.42. The van der Waals surface area contributed by atoms with Crippen molar-refractivity contribution in [3.8, 4) is 0 Å². The summed E-state index contributed by atoms with van der Waals surface area (Å²) in [7, 11) is 0. The molecule has 0 bridgehead atoms. The second-order valence-electron chi connectivity index (χ2n) is 2.77. The molecule has 0 aromatic carbocycles. The van der Waals surface area contributed by atoms with E-state index in [1.165, 1.54) is 6.92 Å². The molecule has 0 saturated carbocycles. The van der Waals surface area contributed by atoms with E-state index in [4.69, 9.17) is 0 Å². The molecule has 0 aliphatic carbocycles. The highest BCUT2D eigenvalue weighted by atomic mass is 79.9. The van der Waals surface area contributed by atoms with Crippen molar-refractivity contribution in [1.29, 1.82) is 0 Å². The number of hydrogen-bond donors (Lipinski definition) is 0. The van der Waals surface area contributed by atoms with Crippen LogP contribution in [0.1, 0.15) is 11.7 Å². The third-order valence-electron chi connectivity index (χ3n) is 1.88. The summed E-state index contributed by atoms with van der Waals surface area (Å²) >= 11 is 3.26. The molecule has 0 fully saturated rings. The number of nitrogens with zero attached hydrogens (tertiary/aromatic N) is 2. The Hall–Kier alpha value is -1.16. The van der Waals surface area contributed by atoms with Gasteiger partial charge < -0.3 is 0 Å². The molecule has 0 amide bonds. The van der Waals surface area contributed by atoms with E-state index in [9.17, 15) is 4.79 Å². The normalized spacial score (nSPS) is 10.6. The van der Waals surface area contributed by atoms with Gasteiger partial charge in [-0.3, -0.25) is 9.36 Å². The van der Waals surface area contributed by atoms with Crippen molar-refractivity contribution in [2.75, 3.05) is 0 Å². The molecule has 3 nitrogen and oxygen atoms in total. The summed E-state index contributed by atoms with van der Waals surface area (Å²) in [5.74, 6) is 0.00750. The fraction of sp³-hybridized carbons (Fsp3) is 0.111. The molecule has 0 unspecified atom stereocenters. The molecule has 4 heteroatoms. The molecule has 2 aromatic heterocycles. The Kier molecular flexibility index (Phi) is 1.92. The molecule has 0 spiro atoms. The van der Waals surface area contributed by atoms with Crippen molar-refractivity contribution in [2.45, 2.75) is 6.92 Å². The van der Waals surface area contributed by atoms with Crippen molar-refractivity contribution < 1.29 is 4.79 Å². The van der Waals surface area contributed by atoms with Gasteiger partial charge in [-0.1, -0.05) is 0 Å². The van der Waals surface area contributed by atoms with E-state index < -0.39 is 0 Å². The van der Waals surface area contributed by atoms with Gasteiger partial charge >= 0.3 is 0 Å². The highest BCUT2D eigenvalue weighted by molar-refractivity contribution is 9.10. The molecule has 0 aliphatic rings. The van der Waals surface area contributed by atoms with Gasteiger partial charge in [0, 0.05) is 24.7 Å². The first-order valence-electron chi connectivity index (χ1n) is 3.82. The van der Waals surface area contributed by atoms with Crippen molar-refractivity contribution in [2.24, 2.45) is 0 Å². The van der Waals surface area contributed by atoms with Crippen LogP contribution in [0.15, 0.2) is 29.1 Å². The van der Waals surface area contributed by atoms with Crippen LogP contribution < -0.4 is 0 Å². The van der Waals surface area contributed by atoms with Crippen LogP contribution in [0.3, 0.4) is 0 Å². The Bertz CT molecular complexity index is 475. The zero-order valence-electron chi connectivity index (χ0n) is 6.99. The average molecular weight is 239 g/mol. The smallest absolute Gasteiger partial charge is 0.227 e. The molecule has 0 N–H and O–H groups in total. The fourth-order valence-electron chi connectivity index (χ4n) is 1.28. The molecule has 0 saturated heterocycles. The summed E-state index contributed by atoms with van der Waals surface area (Å²) in [5, 5.41) is 0.971.